The number of carbonyl (C=O) groups excluding carboxylic acids is 1. The topological polar surface area (TPSA) is 83.8 Å². The highest BCUT2D eigenvalue weighted by atomic mass is 32.1. The van der Waals surface area contributed by atoms with Gasteiger partial charge in [0.05, 0.1) is 18.1 Å². The Morgan fingerprint density at radius 3 is 2.03 bits per heavy atom. The molecule has 12 heteroatoms. The van der Waals surface area contributed by atoms with Gasteiger partial charge >= 0.3 is 7.60 Å². The first-order valence-corrected chi connectivity index (χ1v) is 10.2. The molecule has 0 aliphatic carbocycles. The third kappa shape index (κ3) is 5.39. The van der Waals surface area contributed by atoms with Gasteiger partial charge in [-0.3, -0.25) is 9.36 Å². The van der Waals surface area contributed by atoms with E-state index in [2.05, 4.69) is 4.74 Å². The molecule has 2 aromatic carbocycles. The van der Waals surface area contributed by atoms with Crippen molar-refractivity contribution in [2.24, 2.45) is 0 Å². The van der Waals surface area contributed by atoms with Crippen molar-refractivity contribution in [3.63, 3.8) is 0 Å². The lowest BCUT2D eigenvalue weighted by molar-refractivity contribution is 0.112. The molecule has 0 spiro atoms. The predicted octanol–water partition coefficient (Wildman–Crippen LogP) is 4.78. The SMILES string of the molecule is COc1c(F)c(F)c(F)c(F)c1F.O=Cc1cc2cc(CP(=O)(O)O)ccc2s1. The summed E-state index contributed by atoms with van der Waals surface area (Å²) in [6.45, 7) is 0. The Hall–Kier alpha value is -2.33. The number of hydrogen-bond donors (Lipinski definition) is 2. The van der Waals surface area contributed by atoms with Crippen molar-refractivity contribution < 1.29 is 45.8 Å². The smallest absolute Gasteiger partial charge is 0.329 e. The summed E-state index contributed by atoms with van der Waals surface area (Å²) in [5.41, 5.74) is 0.580. The molecular formula is C17H12F5O5PS. The van der Waals surface area contributed by atoms with Crippen LogP contribution in [0.25, 0.3) is 10.1 Å². The fraction of sp³-hybridized carbons (Fsp3) is 0.118. The summed E-state index contributed by atoms with van der Waals surface area (Å²) in [5.74, 6) is -11.5. The number of ether oxygens (including phenoxy) is 1. The predicted molar refractivity (Wildman–Crippen MR) is 95.7 cm³/mol. The summed E-state index contributed by atoms with van der Waals surface area (Å²) in [7, 11) is -3.23. The minimum atomic E-state index is -4.03. The van der Waals surface area contributed by atoms with E-state index in [-0.39, 0.29) is 6.16 Å². The normalized spacial score (nSPS) is 11.2. The average Bonchev–Trinajstić information content (AvgIpc) is 3.07. The van der Waals surface area contributed by atoms with Gasteiger partial charge in [0.1, 0.15) is 0 Å². The third-order valence-electron chi connectivity index (χ3n) is 3.48. The van der Waals surface area contributed by atoms with Crippen LogP contribution in [0.2, 0.25) is 0 Å². The second-order valence-corrected chi connectivity index (χ2v) is 8.33. The van der Waals surface area contributed by atoms with Gasteiger partial charge in [-0.25, -0.2) is 13.2 Å². The Labute approximate surface area is 164 Å². The Kier molecular flexibility index (Phi) is 7.12. The van der Waals surface area contributed by atoms with Crippen LogP contribution in [0.15, 0.2) is 24.3 Å². The summed E-state index contributed by atoms with van der Waals surface area (Å²) >= 11 is 1.36. The van der Waals surface area contributed by atoms with Crippen LogP contribution in [-0.2, 0) is 10.7 Å². The molecule has 1 heterocycles. The number of benzene rings is 2. The average molecular weight is 454 g/mol. The Bertz CT molecular complexity index is 1080. The van der Waals surface area contributed by atoms with Gasteiger partial charge in [0.2, 0.25) is 29.1 Å². The van der Waals surface area contributed by atoms with Crippen molar-refractivity contribution in [2.45, 2.75) is 6.16 Å². The highest BCUT2D eigenvalue weighted by Crippen LogP contribution is 2.40. The number of methoxy groups -OCH3 is 1. The zero-order chi connectivity index (χ0) is 21.9. The highest BCUT2D eigenvalue weighted by Gasteiger charge is 2.26. The molecular weight excluding hydrogens is 442 g/mol. The van der Waals surface area contributed by atoms with Gasteiger partial charge in [-0.1, -0.05) is 6.07 Å². The number of thiophene rings is 1. The molecule has 0 saturated carbocycles. The molecule has 0 bridgehead atoms. The van der Waals surface area contributed by atoms with E-state index >= 15 is 0 Å². The van der Waals surface area contributed by atoms with Gasteiger partial charge in [-0.2, -0.15) is 8.78 Å². The minimum Gasteiger partial charge on any atom is -0.491 e. The molecule has 0 saturated heterocycles. The van der Waals surface area contributed by atoms with Crippen LogP contribution in [0.4, 0.5) is 22.0 Å². The summed E-state index contributed by atoms with van der Waals surface area (Å²) in [4.78, 5) is 28.9. The quantitative estimate of drug-likeness (QED) is 0.195. The number of fused-ring (bicyclic) bond motifs is 1. The first kappa shape index (κ1) is 23.0. The van der Waals surface area contributed by atoms with E-state index in [1.807, 2.05) is 0 Å². The monoisotopic (exact) mass is 454 g/mol. The second kappa shape index (κ2) is 9.00. The van der Waals surface area contributed by atoms with Gasteiger partial charge in [-0.15, -0.1) is 11.3 Å². The van der Waals surface area contributed by atoms with Crippen molar-refractivity contribution in [3.05, 3.63) is 63.8 Å². The first-order chi connectivity index (χ1) is 13.5. The molecule has 0 amide bonds. The summed E-state index contributed by atoms with van der Waals surface area (Å²) in [6.07, 6.45) is 0.503. The summed E-state index contributed by atoms with van der Waals surface area (Å²) < 4.78 is 77.9. The summed E-state index contributed by atoms with van der Waals surface area (Å²) in [6, 6.07) is 6.87. The number of aldehydes is 1. The molecule has 1 aromatic heterocycles. The van der Waals surface area contributed by atoms with E-state index in [1.54, 1.807) is 24.3 Å². The Morgan fingerprint density at radius 2 is 1.55 bits per heavy atom. The van der Waals surface area contributed by atoms with Crippen molar-refractivity contribution in [1.29, 1.82) is 0 Å². The van der Waals surface area contributed by atoms with Crippen LogP contribution in [-0.4, -0.2) is 23.2 Å². The highest BCUT2D eigenvalue weighted by molar-refractivity contribution is 7.50. The molecule has 5 nitrogen and oxygen atoms in total. The lowest BCUT2D eigenvalue weighted by Crippen LogP contribution is -2.04. The number of halogens is 5. The lowest BCUT2D eigenvalue weighted by Gasteiger charge is -2.05. The van der Waals surface area contributed by atoms with Crippen LogP contribution < -0.4 is 4.74 Å². The van der Waals surface area contributed by atoms with E-state index in [4.69, 9.17) is 9.79 Å². The molecule has 3 rings (SSSR count). The molecule has 156 valence electrons. The van der Waals surface area contributed by atoms with Crippen LogP contribution in [0.1, 0.15) is 15.2 Å². The standard InChI is InChI=1S/C10H9O4PS.C7H3F5O/c11-5-9-4-8-3-7(6-15(12,13)14)1-2-10(8)16-9;1-13-7-5(11)3(9)2(8)4(10)6(7)12/h1-5H,6H2,(H2,12,13,14);1H3. The maximum Gasteiger partial charge on any atom is 0.329 e. The van der Waals surface area contributed by atoms with Crippen LogP contribution in [0.3, 0.4) is 0 Å². The summed E-state index contributed by atoms with van der Waals surface area (Å²) in [5, 5.41) is 0.845. The minimum absolute atomic E-state index is 0.269. The third-order valence-corrected chi connectivity index (χ3v) is 5.30. The zero-order valence-corrected chi connectivity index (χ0v) is 16.2. The number of carbonyl (C=O) groups is 1. The molecule has 0 aliphatic rings. The van der Waals surface area contributed by atoms with Gasteiger partial charge in [0.15, 0.2) is 12.0 Å². The zero-order valence-electron chi connectivity index (χ0n) is 14.5. The molecule has 0 aliphatic heterocycles. The van der Waals surface area contributed by atoms with E-state index in [9.17, 15) is 31.3 Å². The van der Waals surface area contributed by atoms with Crippen LogP contribution in [0.5, 0.6) is 5.75 Å². The second-order valence-electron chi connectivity index (χ2n) is 5.56. The molecule has 29 heavy (non-hydrogen) atoms. The molecule has 3 aromatic rings. The fourth-order valence-electron chi connectivity index (χ4n) is 2.27. The van der Waals surface area contributed by atoms with Crippen molar-refractivity contribution in [2.75, 3.05) is 7.11 Å². The van der Waals surface area contributed by atoms with Crippen molar-refractivity contribution in [3.8, 4) is 5.75 Å². The van der Waals surface area contributed by atoms with E-state index in [0.717, 1.165) is 23.5 Å². The Balaban J connectivity index is 0.000000212. The molecule has 0 fully saturated rings. The maximum absolute atomic E-state index is 12.6. The lowest BCUT2D eigenvalue weighted by atomic mass is 10.2. The molecule has 0 unspecified atom stereocenters. The van der Waals surface area contributed by atoms with Gasteiger partial charge in [-0.05, 0) is 29.1 Å². The number of rotatable bonds is 4. The van der Waals surface area contributed by atoms with Gasteiger partial charge in [0, 0.05) is 4.70 Å². The fourth-order valence-corrected chi connectivity index (χ4v) is 3.80. The number of hydrogen-bond acceptors (Lipinski definition) is 4. The molecule has 2 N–H and O–H groups in total. The van der Waals surface area contributed by atoms with Crippen LogP contribution >= 0.6 is 18.9 Å². The van der Waals surface area contributed by atoms with Crippen molar-refractivity contribution >= 4 is 35.3 Å². The molecule has 0 atom stereocenters. The molecule has 0 radical (unpaired) electrons. The Morgan fingerprint density at radius 1 is 1.00 bits per heavy atom. The first-order valence-electron chi connectivity index (χ1n) is 7.56. The van der Waals surface area contributed by atoms with E-state index in [1.165, 1.54) is 11.3 Å². The maximum atomic E-state index is 12.6. The van der Waals surface area contributed by atoms with Gasteiger partial charge < -0.3 is 14.5 Å². The van der Waals surface area contributed by atoms with Crippen LogP contribution in [0, 0.1) is 29.1 Å². The van der Waals surface area contributed by atoms with Crippen molar-refractivity contribution in [1.82, 2.24) is 0 Å². The van der Waals surface area contributed by atoms with E-state index < -0.39 is 42.4 Å². The van der Waals surface area contributed by atoms with Gasteiger partial charge in [0.25, 0.3) is 0 Å². The largest absolute Gasteiger partial charge is 0.491 e. The van der Waals surface area contributed by atoms with E-state index in [0.29, 0.717) is 10.4 Å².